The number of benzene rings is 2. The number of Topliss-reactive ketones (excluding diaryl/α,β-unsaturated/α-hetero) is 1. The van der Waals surface area contributed by atoms with E-state index in [1.165, 1.54) is 0 Å². The van der Waals surface area contributed by atoms with E-state index < -0.39 is 18.5 Å². The number of ether oxygens (including phenoxy) is 3. The van der Waals surface area contributed by atoms with Gasteiger partial charge in [0.05, 0.1) is 19.6 Å². The van der Waals surface area contributed by atoms with Crippen molar-refractivity contribution in [3.8, 4) is 11.5 Å². The van der Waals surface area contributed by atoms with E-state index in [0.29, 0.717) is 36.0 Å². The first-order valence-corrected chi connectivity index (χ1v) is 10.4. The predicted octanol–water partition coefficient (Wildman–Crippen LogP) is 4.12. The third kappa shape index (κ3) is 6.31. The minimum atomic E-state index is -0.602. The highest BCUT2D eigenvalue weighted by Gasteiger charge is 2.16. The summed E-state index contributed by atoms with van der Waals surface area (Å²) < 4.78 is 16.2. The number of carbonyl (C=O) groups excluding carboxylic acids is 3. The molecule has 0 saturated carbocycles. The number of hydrogen-bond acceptors (Lipinski definition) is 6. The van der Waals surface area contributed by atoms with Gasteiger partial charge in [0.2, 0.25) is 0 Å². The SMILES string of the molecule is CC(C)c1ccccc1NC(=O)COC(=O)CCC(=O)c1ccc2c(c1)OCCCO2. The summed E-state index contributed by atoms with van der Waals surface area (Å²) >= 11 is 0. The summed E-state index contributed by atoms with van der Waals surface area (Å²) in [5.74, 6) is 0.159. The molecule has 164 valence electrons. The number of carbonyl (C=O) groups is 3. The molecule has 0 unspecified atom stereocenters. The van der Waals surface area contributed by atoms with E-state index in [9.17, 15) is 14.4 Å². The minimum Gasteiger partial charge on any atom is -0.490 e. The molecule has 0 aromatic heterocycles. The van der Waals surface area contributed by atoms with Crippen LogP contribution >= 0.6 is 0 Å². The van der Waals surface area contributed by atoms with Crippen LogP contribution in [0, 0.1) is 0 Å². The summed E-state index contributed by atoms with van der Waals surface area (Å²) in [5.41, 5.74) is 2.14. The van der Waals surface area contributed by atoms with Gasteiger partial charge in [0.15, 0.2) is 23.9 Å². The van der Waals surface area contributed by atoms with Crippen LogP contribution in [0.2, 0.25) is 0 Å². The van der Waals surface area contributed by atoms with Crippen LogP contribution in [-0.2, 0) is 14.3 Å². The average Bonchev–Trinajstić information content (AvgIpc) is 3.01. The second kappa shape index (κ2) is 10.6. The van der Waals surface area contributed by atoms with E-state index in [-0.39, 0.29) is 24.5 Å². The molecule has 1 aliphatic heterocycles. The Balaban J connectivity index is 1.45. The Morgan fingerprint density at radius 2 is 1.74 bits per heavy atom. The van der Waals surface area contributed by atoms with Crippen molar-refractivity contribution in [1.82, 2.24) is 0 Å². The molecule has 0 atom stereocenters. The largest absolute Gasteiger partial charge is 0.490 e. The van der Waals surface area contributed by atoms with Gasteiger partial charge in [-0.2, -0.15) is 0 Å². The molecule has 0 bridgehead atoms. The molecule has 0 fully saturated rings. The Bertz CT molecular complexity index is 953. The molecule has 2 aromatic carbocycles. The van der Waals surface area contributed by atoms with Gasteiger partial charge in [-0.15, -0.1) is 0 Å². The first-order valence-electron chi connectivity index (χ1n) is 10.4. The number of esters is 1. The normalized spacial score (nSPS) is 12.7. The molecule has 1 amide bonds. The van der Waals surface area contributed by atoms with Gasteiger partial charge in [-0.3, -0.25) is 14.4 Å². The van der Waals surface area contributed by atoms with E-state index in [0.717, 1.165) is 12.0 Å². The van der Waals surface area contributed by atoms with E-state index in [4.69, 9.17) is 14.2 Å². The Kier molecular flexibility index (Phi) is 7.65. The fourth-order valence-corrected chi connectivity index (χ4v) is 3.22. The van der Waals surface area contributed by atoms with Gasteiger partial charge in [-0.05, 0) is 35.7 Å². The Hall–Kier alpha value is -3.35. The van der Waals surface area contributed by atoms with Crippen LogP contribution in [0.1, 0.15) is 54.9 Å². The van der Waals surface area contributed by atoms with Crippen molar-refractivity contribution in [3.05, 3.63) is 53.6 Å². The van der Waals surface area contributed by atoms with Gasteiger partial charge in [0.1, 0.15) is 0 Å². The first-order chi connectivity index (χ1) is 14.9. The first kappa shape index (κ1) is 22.3. The highest BCUT2D eigenvalue weighted by atomic mass is 16.5. The van der Waals surface area contributed by atoms with E-state index in [1.807, 2.05) is 38.1 Å². The summed E-state index contributed by atoms with van der Waals surface area (Å²) in [6.07, 6.45) is 0.653. The van der Waals surface area contributed by atoms with Crippen molar-refractivity contribution in [3.63, 3.8) is 0 Å². The molecule has 0 spiro atoms. The highest BCUT2D eigenvalue weighted by molar-refractivity contribution is 5.98. The van der Waals surface area contributed by atoms with Crippen LogP contribution in [0.3, 0.4) is 0 Å². The quantitative estimate of drug-likeness (QED) is 0.505. The van der Waals surface area contributed by atoms with Gasteiger partial charge in [-0.25, -0.2) is 0 Å². The van der Waals surface area contributed by atoms with E-state index >= 15 is 0 Å². The van der Waals surface area contributed by atoms with Crippen LogP contribution in [0.5, 0.6) is 11.5 Å². The van der Waals surface area contributed by atoms with Crippen LogP contribution in [0.4, 0.5) is 5.69 Å². The number of rotatable bonds is 8. The van der Waals surface area contributed by atoms with E-state index in [1.54, 1.807) is 18.2 Å². The molecule has 1 N–H and O–H groups in total. The fourth-order valence-electron chi connectivity index (χ4n) is 3.22. The summed E-state index contributed by atoms with van der Waals surface area (Å²) in [5, 5.41) is 2.76. The zero-order valence-electron chi connectivity index (χ0n) is 17.8. The van der Waals surface area contributed by atoms with Crippen molar-refractivity contribution in [2.24, 2.45) is 0 Å². The standard InChI is InChI=1S/C24H27NO6/c1-16(2)18-6-3-4-7-19(18)25-23(27)15-31-24(28)11-9-20(26)17-8-10-21-22(14-17)30-13-5-12-29-21/h3-4,6-8,10,14,16H,5,9,11-13,15H2,1-2H3,(H,25,27). The number of para-hydroxylation sites is 1. The molecular formula is C24H27NO6. The smallest absolute Gasteiger partial charge is 0.306 e. The summed E-state index contributed by atoms with van der Waals surface area (Å²) in [7, 11) is 0. The van der Waals surface area contributed by atoms with Crippen LogP contribution in [0.25, 0.3) is 0 Å². The average molecular weight is 425 g/mol. The van der Waals surface area contributed by atoms with Gasteiger partial charge >= 0.3 is 5.97 Å². The van der Waals surface area contributed by atoms with Crippen molar-refractivity contribution >= 4 is 23.3 Å². The lowest BCUT2D eigenvalue weighted by Gasteiger charge is -2.13. The maximum absolute atomic E-state index is 12.4. The second-order valence-corrected chi connectivity index (χ2v) is 7.59. The maximum atomic E-state index is 12.4. The van der Waals surface area contributed by atoms with E-state index in [2.05, 4.69) is 5.32 Å². The number of ketones is 1. The molecule has 1 heterocycles. The molecule has 3 rings (SSSR count). The summed E-state index contributed by atoms with van der Waals surface area (Å²) in [4.78, 5) is 36.5. The maximum Gasteiger partial charge on any atom is 0.306 e. The topological polar surface area (TPSA) is 90.9 Å². The predicted molar refractivity (Wildman–Crippen MR) is 116 cm³/mol. The van der Waals surface area contributed by atoms with Gasteiger partial charge in [0, 0.05) is 24.1 Å². The van der Waals surface area contributed by atoms with Crippen LogP contribution < -0.4 is 14.8 Å². The zero-order valence-corrected chi connectivity index (χ0v) is 17.8. The Morgan fingerprint density at radius 1 is 1.00 bits per heavy atom. The lowest BCUT2D eigenvalue weighted by molar-refractivity contribution is -0.147. The number of nitrogens with one attached hydrogen (secondary N) is 1. The molecule has 1 aliphatic rings. The lowest BCUT2D eigenvalue weighted by atomic mass is 10.0. The number of anilines is 1. The number of hydrogen-bond donors (Lipinski definition) is 1. The number of amides is 1. The summed E-state index contributed by atoms with van der Waals surface area (Å²) in [6.45, 7) is 4.77. The molecule has 31 heavy (non-hydrogen) atoms. The molecule has 0 aliphatic carbocycles. The highest BCUT2D eigenvalue weighted by Crippen LogP contribution is 2.31. The van der Waals surface area contributed by atoms with Crippen molar-refractivity contribution in [2.75, 3.05) is 25.1 Å². The molecule has 2 aromatic rings. The monoisotopic (exact) mass is 425 g/mol. The third-order valence-electron chi connectivity index (χ3n) is 4.85. The van der Waals surface area contributed by atoms with Crippen molar-refractivity contribution < 1.29 is 28.6 Å². The molecular weight excluding hydrogens is 398 g/mol. The van der Waals surface area contributed by atoms with Crippen molar-refractivity contribution in [2.45, 2.75) is 39.0 Å². The molecule has 0 saturated heterocycles. The third-order valence-corrected chi connectivity index (χ3v) is 4.85. The molecule has 7 nitrogen and oxygen atoms in total. The van der Waals surface area contributed by atoms with Crippen molar-refractivity contribution in [1.29, 1.82) is 0 Å². The molecule has 0 radical (unpaired) electrons. The number of fused-ring (bicyclic) bond motifs is 1. The molecule has 7 heteroatoms. The Morgan fingerprint density at radius 3 is 2.52 bits per heavy atom. The Labute approximate surface area is 181 Å². The fraction of sp³-hybridized carbons (Fsp3) is 0.375. The summed E-state index contributed by atoms with van der Waals surface area (Å²) in [6, 6.07) is 12.5. The van der Waals surface area contributed by atoms with Crippen LogP contribution in [0.15, 0.2) is 42.5 Å². The minimum absolute atomic E-state index is 0.0176. The lowest BCUT2D eigenvalue weighted by Crippen LogP contribution is -2.22. The van der Waals surface area contributed by atoms with Gasteiger partial charge in [-0.1, -0.05) is 32.0 Å². The van der Waals surface area contributed by atoms with Gasteiger partial charge in [0.25, 0.3) is 5.91 Å². The van der Waals surface area contributed by atoms with Gasteiger partial charge < -0.3 is 19.5 Å². The van der Waals surface area contributed by atoms with Crippen LogP contribution in [-0.4, -0.2) is 37.5 Å². The zero-order chi connectivity index (χ0) is 22.2. The second-order valence-electron chi connectivity index (χ2n) is 7.59.